The summed E-state index contributed by atoms with van der Waals surface area (Å²) in [6.07, 6.45) is 26.8. The number of phosphoric ester groups is 1. The maximum absolute atomic E-state index is 12.4. The van der Waals surface area contributed by atoms with Crippen molar-refractivity contribution in [3.05, 3.63) is 36.5 Å². The molecule has 0 aromatic carbocycles. The van der Waals surface area contributed by atoms with Gasteiger partial charge in [0.2, 0.25) is 0 Å². The summed E-state index contributed by atoms with van der Waals surface area (Å²) < 4.78 is 32.0. The molecule has 0 radical (unpaired) electrons. The summed E-state index contributed by atoms with van der Waals surface area (Å²) in [7, 11) is -4.59. The molecule has 3 N–H and O–H groups in total. The van der Waals surface area contributed by atoms with Crippen molar-refractivity contribution < 1.29 is 47.8 Å². The van der Waals surface area contributed by atoms with E-state index in [1.807, 2.05) is 6.92 Å². The summed E-state index contributed by atoms with van der Waals surface area (Å²) >= 11 is 0. The van der Waals surface area contributed by atoms with Crippen LogP contribution in [0.5, 0.6) is 0 Å². The van der Waals surface area contributed by atoms with E-state index in [4.69, 9.17) is 19.1 Å². The molecule has 0 spiro atoms. The summed E-state index contributed by atoms with van der Waals surface area (Å²) in [5, 5.41) is 18.1. The number of hydrogen-bond acceptors (Lipinski definition) is 9. The highest BCUT2D eigenvalue weighted by molar-refractivity contribution is 7.47. The summed E-state index contributed by atoms with van der Waals surface area (Å²) in [6.45, 7) is 2.02. The van der Waals surface area contributed by atoms with Crippen molar-refractivity contribution in [1.29, 1.82) is 0 Å². The molecule has 11 heteroatoms. The summed E-state index contributed by atoms with van der Waals surface area (Å²) in [5.74, 6) is -0.985. The van der Waals surface area contributed by atoms with E-state index < -0.39 is 51.8 Å². The van der Waals surface area contributed by atoms with Crippen LogP contribution in [0.1, 0.15) is 123 Å². The fourth-order valence-corrected chi connectivity index (χ4v) is 4.71. The largest absolute Gasteiger partial charge is 0.472 e. The van der Waals surface area contributed by atoms with Gasteiger partial charge in [0.05, 0.1) is 19.8 Å². The predicted octanol–water partition coefficient (Wildman–Crippen LogP) is 7.27. The fraction of sp³-hybridized carbons (Fsp3) is 0.758. The van der Waals surface area contributed by atoms with Gasteiger partial charge in [0.25, 0.3) is 0 Å². The van der Waals surface area contributed by atoms with Crippen molar-refractivity contribution in [2.75, 3.05) is 26.4 Å². The van der Waals surface area contributed by atoms with Crippen LogP contribution in [-0.2, 0) is 32.7 Å². The minimum absolute atomic E-state index is 0.168. The van der Waals surface area contributed by atoms with E-state index in [2.05, 4.69) is 47.9 Å². The molecule has 256 valence electrons. The Balaban J connectivity index is 4.16. The topological polar surface area (TPSA) is 149 Å². The minimum atomic E-state index is -4.59. The molecule has 0 saturated heterocycles. The first-order valence-corrected chi connectivity index (χ1v) is 17.9. The highest BCUT2D eigenvalue weighted by Crippen LogP contribution is 2.43. The Morgan fingerprint density at radius 2 is 1.20 bits per heavy atom. The molecule has 0 bridgehead atoms. The van der Waals surface area contributed by atoms with E-state index in [-0.39, 0.29) is 19.4 Å². The molecule has 0 amide bonds. The van der Waals surface area contributed by atoms with Crippen molar-refractivity contribution in [3.63, 3.8) is 0 Å². The van der Waals surface area contributed by atoms with Crippen molar-refractivity contribution in [2.24, 2.45) is 0 Å². The van der Waals surface area contributed by atoms with E-state index in [0.29, 0.717) is 12.8 Å². The van der Waals surface area contributed by atoms with Gasteiger partial charge in [-0.3, -0.25) is 18.6 Å². The molecule has 0 aromatic heterocycles. The molecule has 0 heterocycles. The van der Waals surface area contributed by atoms with Gasteiger partial charge in [-0.05, 0) is 51.4 Å². The Bertz CT molecular complexity index is 842. The highest BCUT2D eigenvalue weighted by atomic mass is 31.2. The first-order chi connectivity index (χ1) is 21.2. The van der Waals surface area contributed by atoms with Crippen LogP contribution in [0, 0.1) is 0 Å². The molecular weight excluding hydrogens is 587 g/mol. The average Bonchev–Trinajstić information content (AvgIpc) is 3.01. The summed E-state index contributed by atoms with van der Waals surface area (Å²) in [6, 6.07) is 0. The van der Waals surface area contributed by atoms with Gasteiger partial charge < -0.3 is 24.6 Å². The van der Waals surface area contributed by atoms with Gasteiger partial charge >= 0.3 is 19.8 Å². The predicted molar refractivity (Wildman–Crippen MR) is 173 cm³/mol. The number of phosphoric acid groups is 1. The van der Waals surface area contributed by atoms with Crippen molar-refractivity contribution in [3.8, 4) is 0 Å². The molecule has 0 fully saturated rings. The first-order valence-electron chi connectivity index (χ1n) is 16.4. The van der Waals surface area contributed by atoms with Gasteiger partial charge in [-0.2, -0.15) is 0 Å². The maximum atomic E-state index is 12.4. The number of allylic oxidation sites excluding steroid dienone is 6. The number of ether oxygens (including phenoxy) is 2. The normalized spacial score (nSPS) is 14.8. The number of carbonyl (C=O) groups is 2. The molecule has 0 aromatic rings. The third-order valence-corrected chi connectivity index (χ3v) is 7.50. The van der Waals surface area contributed by atoms with Gasteiger partial charge in [-0.25, -0.2) is 4.57 Å². The van der Waals surface area contributed by atoms with E-state index in [9.17, 15) is 24.2 Å². The lowest BCUT2D eigenvalue weighted by atomic mass is 10.1. The number of unbranched alkanes of at least 4 members (excludes halogenated alkanes) is 10. The average molecular weight is 647 g/mol. The number of hydrogen-bond donors (Lipinski definition) is 3. The molecule has 0 saturated carbocycles. The Hall–Kier alpha value is -1.81. The SMILES string of the molecule is CCCCC/C=C\C/C=C\C/C=C\CCCCCCCCC(=O)OC(COC(=O)CCCC)COP(=O)(O)OCC(O)CO. The number of aliphatic hydroxyl groups excluding tert-OH is 2. The van der Waals surface area contributed by atoms with Crippen LogP contribution in [0.4, 0.5) is 0 Å². The lowest BCUT2D eigenvalue weighted by Gasteiger charge is -2.20. The third-order valence-electron chi connectivity index (χ3n) is 6.55. The highest BCUT2D eigenvalue weighted by Gasteiger charge is 2.27. The lowest BCUT2D eigenvalue weighted by molar-refractivity contribution is -0.161. The fourth-order valence-electron chi connectivity index (χ4n) is 3.92. The zero-order valence-electron chi connectivity index (χ0n) is 27.1. The lowest BCUT2D eigenvalue weighted by Crippen LogP contribution is -2.29. The quantitative estimate of drug-likeness (QED) is 0.0315. The summed E-state index contributed by atoms with van der Waals surface area (Å²) in [4.78, 5) is 34.0. The molecule has 3 atom stereocenters. The van der Waals surface area contributed by atoms with Crippen molar-refractivity contribution >= 4 is 19.8 Å². The third kappa shape index (κ3) is 28.9. The maximum Gasteiger partial charge on any atom is 0.472 e. The zero-order valence-corrected chi connectivity index (χ0v) is 28.0. The molecule has 0 aliphatic carbocycles. The second kappa shape index (κ2) is 29.9. The molecule has 0 aliphatic rings. The van der Waals surface area contributed by atoms with Crippen LogP contribution >= 0.6 is 7.82 Å². The number of rotatable bonds is 30. The number of aliphatic hydroxyl groups is 2. The molecule has 0 aliphatic heterocycles. The second-order valence-electron chi connectivity index (χ2n) is 10.8. The van der Waals surface area contributed by atoms with Gasteiger partial charge in [-0.1, -0.05) is 95.2 Å². The molecule has 3 unspecified atom stereocenters. The van der Waals surface area contributed by atoms with Crippen LogP contribution in [-0.4, -0.2) is 65.7 Å². The van der Waals surface area contributed by atoms with E-state index >= 15 is 0 Å². The number of esters is 2. The monoisotopic (exact) mass is 646 g/mol. The van der Waals surface area contributed by atoms with Crippen LogP contribution in [0.15, 0.2) is 36.5 Å². The van der Waals surface area contributed by atoms with Crippen molar-refractivity contribution in [2.45, 2.75) is 135 Å². The first kappa shape index (κ1) is 42.2. The van der Waals surface area contributed by atoms with Gasteiger partial charge in [-0.15, -0.1) is 0 Å². The zero-order chi connectivity index (χ0) is 32.7. The van der Waals surface area contributed by atoms with E-state index in [0.717, 1.165) is 57.8 Å². The smallest absolute Gasteiger partial charge is 0.462 e. The van der Waals surface area contributed by atoms with Crippen molar-refractivity contribution in [1.82, 2.24) is 0 Å². The molecule has 10 nitrogen and oxygen atoms in total. The minimum Gasteiger partial charge on any atom is -0.462 e. The Morgan fingerprint density at radius 1 is 0.682 bits per heavy atom. The van der Waals surface area contributed by atoms with Gasteiger partial charge in [0.1, 0.15) is 12.7 Å². The van der Waals surface area contributed by atoms with Gasteiger partial charge in [0.15, 0.2) is 6.10 Å². The Morgan fingerprint density at radius 3 is 1.82 bits per heavy atom. The number of carbonyl (C=O) groups excluding carboxylic acids is 2. The van der Waals surface area contributed by atoms with Crippen LogP contribution in [0.25, 0.3) is 0 Å². The molecule has 44 heavy (non-hydrogen) atoms. The Kier molecular flexibility index (Phi) is 28.6. The van der Waals surface area contributed by atoms with E-state index in [1.54, 1.807) is 0 Å². The molecular formula is C33H59O10P. The second-order valence-corrected chi connectivity index (χ2v) is 12.3. The van der Waals surface area contributed by atoms with Crippen LogP contribution in [0.2, 0.25) is 0 Å². The molecule has 0 rings (SSSR count). The summed E-state index contributed by atoms with van der Waals surface area (Å²) in [5.41, 5.74) is 0. The Labute approximate surface area is 265 Å². The van der Waals surface area contributed by atoms with Crippen LogP contribution in [0.3, 0.4) is 0 Å². The standard InChI is InChI=1S/C33H59O10P/c1-3-5-7-8-9-10-11-12-13-14-15-16-17-18-19-20-21-22-23-25-33(37)43-31(28-40-32(36)24-6-4-2)29-42-44(38,39)41-27-30(35)26-34/h9-10,12-13,15-16,30-31,34-35H,3-8,11,14,17-29H2,1-2H3,(H,38,39)/b10-9-,13-12-,16-15-. The van der Waals surface area contributed by atoms with Gasteiger partial charge in [0, 0.05) is 12.8 Å². The van der Waals surface area contributed by atoms with E-state index in [1.165, 1.54) is 25.7 Å². The van der Waals surface area contributed by atoms with Crippen LogP contribution < -0.4 is 0 Å².